The highest BCUT2D eigenvalue weighted by atomic mass is 16.5. The molecule has 2 unspecified atom stereocenters. The monoisotopic (exact) mass is 388 g/mol. The summed E-state index contributed by atoms with van der Waals surface area (Å²) in [6.45, 7) is 9.09. The van der Waals surface area contributed by atoms with Crippen molar-refractivity contribution in [1.82, 2.24) is 20.4 Å². The van der Waals surface area contributed by atoms with Gasteiger partial charge < -0.3 is 15.4 Å². The van der Waals surface area contributed by atoms with Gasteiger partial charge in [0.1, 0.15) is 5.56 Å². The summed E-state index contributed by atoms with van der Waals surface area (Å²) in [4.78, 5) is 24.3. The molecule has 0 spiro atoms. The Morgan fingerprint density at radius 2 is 2.07 bits per heavy atom. The second kappa shape index (κ2) is 7.97. The van der Waals surface area contributed by atoms with Crippen LogP contribution in [0, 0.1) is 11.8 Å². The summed E-state index contributed by atoms with van der Waals surface area (Å²) in [6.07, 6.45) is 9.83. The molecule has 1 aromatic rings. The highest BCUT2D eigenvalue weighted by Gasteiger charge is 2.40. The highest BCUT2D eigenvalue weighted by Crippen LogP contribution is 2.44. The Hall–Kier alpha value is -2.31. The first-order chi connectivity index (χ1) is 13.1. The standard InChI is InChI=1S/C21H32N4O3/c1-13(2)28-20-17(19(27)23-18-11-15-6-7-16(18)10-15)12-22-25(20)9-8-21(4,5)24-14(3)26/h8-9,12-13,15-16,18H,6-7,10-11H2,1-5H3,(H,23,27)(H,24,26)/b9-8+/t15?,16?,18-/m1/s1. The van der Waals surface area contributed by atoms with Gasteiger partial charge in [0, 0.05) is 19.2 Å². The van der Waals surface area contributed by atoms with Gasteiger partial charge in [-0.2, -0.15) is 5.10 Å². The van der Waals surface area contributed by atoms with Gasteiger partial charge in [-0.3, -0.25) is 9.59 Å². The Bertz CT molecular complexity index is 766. The Balaban J connectivity index is 1.77. The Morgan fingerprint density at radius 1 is 1.32 bits per heavy atom. The van der Waals surface area contributed by atoms with Crippen molar-refractivity contribution in [2.24, 2.45) is 11.8 Å². The molecule has 1 aromatic heterocycles. The van der Waals surface area contributed by atoms with Crippen LogP contribution in [0.25, 0.3) is 6.20 Å². The van der Waals surface area contributed by atoms with E-state index in [1.54, 1.807) is 17.1 Å². The Morgan fingerprint density at radius 3 is 2.64 bits per heavy atom. The van der Waals surface area contributed by atoms with Crippen LogP contribution in [0.5, 0.6) is 5.88 Å². The number of rotatable bonds is 7. The van der Waals surface area contributed by atoms with Crippen molar-refractivity contribution in [1.29, 1.82) is 0 Å². The molecular weight excluding hydrogens is 356 g/mol. The lowest BCUT2D eigenvalue weighted by Crippen LogP contribution is -2.40. The molecule has 28 heavy (non-hydrogen) atoms. The summed E-state index contributed by atoms with van der Waals surface area (Å²) < 4.78 is 7.47. The third-order valence-corrected chi connectivity index (χ3v) is 5.53. The van der Waals surface area contributed by atoms with Crippen LogP contribution < -0.4 is 15.4 Å². The smallest absolute Gasteiger partial charge is 0.258 e. The second-order valence-corrected chi connectivity index (χ2v) is 8.95. The Labute approximate surface area is 166 Å². The average Bonchev–Trinajstić information content (AvgIpc) is 3.27. The largest absolute Gasteiger partial charge is 0.474 e. The van der Waals surface area contributed by atoms with Gasteiger partial charge in [-0.05, 0) is 64.9 Å². The molecular formula is C21H32N4O3. The van der Waals surface area contributed by atoms with E-state index in [2.05, 4.69) is 15.7 Å². The van der Waals surface area contributed by atoms with Gasteiger partial charge in [0.25, 0.3) is 5.91 Å². The van der Waals surface area contributed by atoms with Gasteiger partial charge in [0.2, 0.25) is 11.8 Å². The number of fused-ring (bicyclic) bond motifs is 2. The number of aromatic nitrogens is 2. The Kier molecular flexibility index (Phi) is 5.82. The number of nitrogens with one attached hydrogen (secondary N) is 2. The van der Waals surface area contributed by atoms with E-state index in [-0.39, 0.29) is 24.0 Å². The molecule has 3 rings (SSSR count). The van der Waals surface area contributed by atoms with Crippen LogP contribution in [0.15, 0.2) is 12.3 Å². The van der Waals surface area contributed by atoms with Crippen molar-refractivity contribution in [2.75, 3.05) is 0 Å². The van der Waals surface area contributed by atoms with Crippen molar-refractivity contribution < 1.29 is 14.3 Å². The zero-order chi connectivity index (χ0) is 20.5. The number of carbonyl (C=O) groups excluding carboxylic acids is 2. The number of carbonyl (C=O) groups is 2. The summed E-state index contributed by atoms with van der Waals surface area (Å²) in [5.74, 6) is 1.55. The molecule has 0 saturated heterocycles. The molecule has 2 N–H and O–H groups in total. The maximum Gasteiger partial charge on any atom is 0.258 e. The summed E-state index contributed by atoms with van der Waals surface area (Å²) in [5.41, 5.74) is -0.100. The molecule has 0 aliphatic heterocycles. The molecule has 2 aliphatic rings. The highest BCUT2D eigenvalue weighted by molar-refractivity contribution is 5.96. The van der Waals surface area contributed by atoms with E-state index >= 15 is 0 Å². The number of ether oxygens (including phenoxy) is 1. The van der Waals surface area contributed by atoms with Gasteiger partial charge in [-0.25, -0.2) is 4.68 Å². The van der Waals surface area contributed by atoms with E-state index < -0.39 is 5.54 Å². The second-order valence-electron chi connectivity index (χ2n) is 8.95. The lowest BCUT2D eigenvalue weighted by Gasteiger charge is -2.23. The maximum absolute atomic E-state index is 12.9. The van der Waals surface area contributed by atoms with Gasteiger partial charge in [-0.1, -0.05) is 6.42 Å². The zero-order valence-electron chi connectivity index (χ0n) is 17.5. The van der Waals surface area contributed by atoms with Crippen LogP contribution in [-0.4, -0.2) is 39.3 Å². The van der Waals surface area contributed by atoms with Crippen molar-refractivity contribution in [3.8, 4) is 5.88 Å². The number of nitrogens with zero attached hydrogens (tertiary/aromatic N) is 2. The summed E-state index contributed by atoms with van der Waals surface area (Å²) in [6, 6.07) is 0.260. The summed E-state index contributed by atoms with van der Waals surface area (Å²) in [5, 5.41) is 10.4. The first kappa shape index (κ1) is 20.4. The maximum atomic E-state index is 12.9. The fourth-order valence-corrected chi connectivity index (χ4v) is 4.37. The van der Waals surface area contributed by atoms with Gasteiger partial charge in [0.05, 0.1) is 17.8 Å². The normalized spacial score (nSPS) is 24.1. The van der Waals surface area contributed by atoms with Crippen LogP contribution in [0.1, 0.15) is 70.7 Å². The molecule has 2 bridgehead atoms. The molecule has 7 heteroatoms. The van der Waals surface area contributed by atoms with Gasteiger partial charge in [-0.15, -0.1) is 0 Å². The topological polar surface area (TPSA) is 85.2 Å². The van der Waals surface area contributed by atoms with Crippen LogP contribution in [-0.2, 0) is 4.79 Å². The average molecular weight is 389 g/mol. The van der Waals surface area contributed by atoms with Crippen molar-refractivity contribution in [3.05, 3.63) is 17.8 Å². The fraction of sp³-hybridized carbons (Fsp3) is 0.667. The van der Waals surface area contributed by atoms with E-state index in [4.69, 9.17) is 4.74 Å². The zero-order valence-corrected chi connectivity index (χ0v) is 17.5. The van der Waals surface area contributed by atoms with Crippen LogP contribution in [0.4, 0.5) is 0 Å². The minimum Gasteiger partial charge on any atom is -0.474 e. The van der Waals surface area contributed by atoms with Crippen LogP contribution in [0.3, 0.4) is 0 Å². The van der Waals surface area contributed by atoms with E-state index in [9.17, 15) is 9.59 Å². The van der Waals surface area contributed by atoms with E-state index in [1.165, 1.54) is 26.2 Å². The minimum atomic E-state index is -0.543. The molecule has 2 aliphatic carbocycles. The van der Waals surface area contributed by atoms with Crippen molar-refractivity contribution in [3.63, 3.8) is 0 Å². The predicted octanol–water partition coefficient (Wildman–Crippen LogP) is 2.97. The third-order valence-electron chi connectivity index (χ3n) is 5.53. The first-order valence-corrected chi connectivity index (χ1v) is 10.2. The quantitative estimate of drug-likeness (QED) is 0.752. The fourth-order valence-electron chi connectivity index (χ4n) is 4.37. The summed E-state index contributed by atoms with van der Waals surface area (Å²) >= 11 is 0. The lowest BCUT2D eigenvalue weighted by atomic mass is 9.95. The molecule has 0 aromatic carbocycles. The van der Waals surface area contributed by atoms with E-state index in [0.717, 1.165) is 12.3 Å². The molecule has 0 radical (unpaired) electrons. The molecule has 1 heterocycles. The van der Waals surface area contributed by atoms with Crippen molar-refractivity contribution >= 4 is 18.0 Å². The van der Waals surface area contributed by atoms with E-state index in [0.29, 0.717) is 17.4 Å². The first-order valence-electron chi connectivity index (χ1n) is 10.2. The van der Waals surface area contributed by atoms with Crippen LogP contribution in [0.2, 0.25) is 0 Å². The molecule has 7 nitrogen and oxygen atoms in total. The molecule has 154 valence electrons. The van der Waals surface area contributed by atoms with E-state index in [1.807, 2.05) is 33.8 Å². The predicted molar refractivity (Wildman–Crippen MR) is 108 cm³/mol. The lowest BCUT2D eigenvalue weighted by molar-refractivity contribution is -0.120. The SMILES string of the molecule is CC(=O)NC(C)(C)/C=C/n1ncc(C(=O)N[C@@H]2CC3CCC2C3)c1OC(C)C. The minimum absolute atomic E-state index is 0.0961. The number of amides is 2. The molecule has 2 amide bonds. The number of hydrogen-bond donors (Lipinski definition) is 2. The molecule has 2 saturated carbocycles. The third kappa shape index (κ3) is 4.75. The summed E-state index contributed by atoms with van der Waals surface area (Å²) in [7, 11) is 0. The van der Waals surface area contributed by atoms with Gasteiger partial charge in [0.15, 0.2) is 0 Å². The molecule has 2 fully saturated rings. The van der Waals surface area contributed by atoms with Gasteiger partial charge >= 0.3 is 0 Å². The molecule has 3 atom stereocenters. The van der Waals surface area contributed by atoms with Crippen molar-refractivity contribution in [2.45, 2.75) is 78.0 Å². The van der Waals surface area contributed by atoms with Crippen LogP contribution >= 0.6 is 0 Å². The number of hydrogen-bond acceptors (Lipinski definition) is 4.